The van der Waals surface area contributed by atoms with Gasteiger partial charge in [-0.05, 0) is 0 Å². The van der Waals surface area contributed by atoms with Crippen LogP contribution in [0.4, 0.5) is 13.2 Å². The topological polar surface area (TPSA) is 26.3 Å². The first-order chi connectivity index (χ1) is 9.48. The Kier molecular flexibility index (Phi) is 4.76. The van der Waals surface area contributed by atoms with Crippen LogP contribution >= 0.6 is 0 Å². The van der Waals surface area contributed by atoms with E-state index in [9.17, 15) is 18.0 Å². The van der Waals surface area contributed by atoms with Gasteiger partial charge in [0, 0.05) is 0 Å². The molecule has 0 saturated heterocycles. The van der Waals surface area contributed by atoms with E-state index >= 15 is 0 Å². The van der Waals surface area contributed by atoms with Gasteiger partial charge in [-0.2, -0.15) is 0 Å². The van der Waals surface area contributed by atoms with E-state index in [0.29, 0.717) is 6.54 Å². The molecule has 0 bridgehead atoms. The Labute approximate surface area is 122 Å². The molecule has 2 rings (SSSR count). The Hall–Kier alpha value is -1.42. The molecule has 104 valence electrons. The summed E-state index contributed by atoms with van der Waals surface area (Å²) in [5.74, 6) is -2.11. The first-order valence-corrected chi connectivity index (χ1v) is 10.6. The molecule has 6 heteroatoms. The monoisotopic (exact) mass is 476 g/mol. The molecule has 0 atom stereocenters. The summed E-state index contributed by atoms with van der Waals surface area (Å²) in [6.07, 6.45) is -4.96. The molecule has 0 heterocycles. The molecule has 2 aromatic carbocycles. The molecule has 0 aliphatic rings. The molecular formula is C14H10BiF3O2. The van der Waals surface area contributed by atoms with Gasteiger partial charge in [0.15, 0.2) is 0 Å². The summed E-state index contributed by atoms with van der Waals surface area (Å²) in [5, 5.41) is 0. The third-order valence-corrected chi connectivity index (χ3v) is 9.71. The van der Waals surface area contributed by atoms with Gasteiger partial charge in [-0.1, -0.05) is 0 Å². The number of halogens is 3. The van der Waals surface area contributed by atoms with Crippen LogP contribution in [0.5, 0.6) is 0 Å². The molecule has 0 aliphatic heterocycles. The van der Waals surface area contributed by atoms with E-state index in [1.165, 1.54) is 0 Å². The molecule has 20 heavy (non-hydrogen) atoms. The van der Waals surface area contributed by atoms with Crippen molar-refractivity contribution in [2.24, 2.45) is 0 Å². The second-order valence-corrected chi connectivity index (χ2v) is 10.9. The van der Waals surface area contributed by atoms with Crippen molar-refractivity contribution in [3.8, 4) is 0 Å². The summed E-state index contributed by atoms with van der Waals surface area (Å²) in [5.41, 5.74) is 0. The normalized spacial score (nSPS) is 11.4. The number of alkyl halides is 3. The van der Waals surface area contributed by atoms with E-state index in [2.05, 4.69) is 0 Å². The first-order valence-electron chi connectivity index (χ1n) is 5.68. The Morgan fingerprint density at radius 2 is 1.25 bits per heavy atom. The Morgan fingerprint density at radius 3 is 1.60 bits per heavy atom. The van der Waals surface area contributed by atoms with Gasteiger partial charge in [0.1, 0.15) is 0 Å². The van der Waals surface area contributed by atoms with Gasteiger partial charge in [-0.15, -0.1) is 0 Å². The van der Waals surface area contributed by atoms with Crippen LogP contribution in [0.3, 0.4) is 0 Å². The standard InChI is InChI=1S/2C6H5.C2HF3O2.Bi/c2*1-2-4-6-5-3-1;3-2(4,5)1(6)7;/h2*1-5H;(H,6,7);/q;;;+1/p-1. The van der Waals surface area contributed by atoms with Crippen molar-refractivity contribution in [1.82, 2.24) is 0 Å². The van der Waals surface area contributed by atoms with Gasteiger partial charge in [-0.3, -0.25) is 0 Å². The maximum absolute atomic E-state index is 12.4. The Balaban J connectivity index is 2.34. The number of carbonyl (C=O) groups is 1. The molecule has 0 spiro atoms. The van der Waals surface area contributed by atoms with Crippen molar-refractivity contribution < 1.29 is 20.8 Å². The molecule has 2 aromatic rings. The van der Waals surface area contributed by atoms with E-state index in [4.69, 9.17) is 2.81 Å². The predicted molar refractivity (Wildman–Crippen MR) is 70.1 cm³/mol. The van der Waals surface area contributed by atoms with Gasteiger partial charge in [-0.25, -0.2) is 0 Å². The fourth-order valence-electron chi connectivity index (χ4n) is 1.52. The van der Waals surface area contributed by atoms with E-state index in [-0.39, 0.29) is 0 Å². The maximum atomic E-state index is 12.4. The van der Waals surface area contributed by atoms with Gasteiger partial charge in [0.25, 0.3) is 0 Å². The molecule has 0 amide bonds. The zero-order chi connectivity index (χ0) is 14.6. The molecule has 0 saturated carbocycles. The number of rotatable bonds is 3. The third-order valence-electron chi connectivity index (χ3n) is 2.39. The van der Waals surface area contributed by atoms with Crippen LogP contribution in [-0.4, -0.2) is 34.3 Å². The summed E-state index contributed by atoms with van der Waals surface area (Å²) in [4.78, 5) is 11.1. The molecular weight excluding hydrogens is 466 g/mol. The van der Waals surface area contributed by atoms with Crippen molar-refractivity contribution >= 4 is 34.7 Å². The Bertz CT molecular complexity index is 530. The van der Waals surface area contributed by atoms with Crippen LogP contribution in [0.1, 0.15) is 0 Å². The summed E-state index contributed by atoms with van der Waals surface area (Å²) < 4.78 is 43.4. The fraction of sp³-hybridized carbons (Fsp3) is 0.0714. The van der Waals surface area contributed by atoms with E-state index in [0.717, 1.165) is 0 Å². The van der Waals surface area contributed by atoms with Crippen molar-refractivity contribution in [3.63, 3.8) is 0 Å². The van der Waals surface area contributed by atoms with Crippen LogP contribution in [0.15, 0.2) is 60.7 Å². The predicted octanol–water partition coefficient (Wildman–Crippen LogP) is 1.90. The van der Waals surface area contributed by atoms with Crippen molar-refractivity contribution in [2.45, 2.75) is 6.18 Å². The van der Waals surface area contributed by atoms with Crippen LogP contribution in [0.25, 0.3) is 0 Å². The summed E-state index contributed by atoms with van der Waals surface area (Å²) in [7, 11) is 0. The van der Waals surface area contributed by atoms with Crippen LogP contribution in [-0.2, 0) is 7.61 Å². The summed E-state index contributed by atoms with van der Waals surface area (Å²) in [6.45, 7) is 0. The van der Waals surface area contributed by atoms with Gasteiger partial charge >= 0.3 is 122 Å². The number of benzene rings is 2. The molecule has 0 aromatic heterocycles. The Morgan fingerprint density at radius 1 is 0.850 bits per heavy atom. The van der Waals surface area contributed by atoms with Gasteiger partial charge < -0.3 is 0 Å². The molecule has 0 unspecified atom stereocenters. The number of carbonyl (C=O) groups excluding carboxylic acids is 1. The van der Waals surface area contributed by atoms with Gasteiger partial charge in [0.05, 0.1) is 0 Å². The second kappa shape index (κ2) is 6.36. The summed E-state index contributed by atoms with van der Waals surface area (Å²) >= 11 is -3.42. The molecule has 0 radical (unpaired) electrons. The van der Waals surface area contributed by atoms with E-state index in [1.807, 2.05) is 0 Å². The second-order valence-electron chi connectivity index (χ2n) is 3.84. The minimum absolute atomic E-state index is 0.686. The van der Waals surface area contributed by atoms with E-state index < -0.39 is 34.3 Å². The first kappa shape index (κ1) is 15.0. The average Bonchev–Trinajstić information content (AvgIpc) is 2.45. The van der Waals surface area contributed by atoms with Crippen molar-refractivity contribution in [2.75, 3.05) is 0 Å². The quantitative estimate of drug-likeness (QED) is 0.634. The van der Waals surface area contributed by atoms with Crippen molar-refractivity contribution in [1.29, 1.82) is 0 Å². The molecule has 0 aliphatic carbocycles. The average molecular weight is 476 g/mol. The molecule has 0 fully saturated rings. The van der Waals surface area contributed by atoms with Gasteiger partial charge in [0.2, 0.25) is 0 Å². The van der Waals surface area contributed by atoms with Crippen LogP contribution in [0.2, 0.25) is 0 Å². The zero-order valence-electron chi connectivity index (χ0n) is 10.2. The van der Waals surface area contributed by atoms with Crippen LogP contribution < -0.4 is 6.54 Å². The molecule has 2 nitrogen and oxygen atoms in total. The minimum atomic E-state index is -4.96. The van der Waals surface area contributed by atoms with Crippen LogP contribution in [0, 0.1) is 0 Å². The third kappa shape index (κ3) is 3.79. The molecule has 0 N–H and O–H groups in total. The van der Waals surface area contributed by atoms with E-state index in [1.54, 1.807) is 60.7 Å². The SMILES string of the molecule is O=C([O][Bi]([c]1ccccc1)[c]1ccccc1)C(F)(F)F. The summed E-state index contributed by atoms with van der Waals surface area (Å²) in [6, 6.07) is 17.2. The fourth-order valence-corrected chi connectivity index (χ4v) is 7.99. The number of hydrogen-bond donors (Lipinski definition) is 0. The zero-order valence-corrected chi connectivity index (χ0v) is 13.6. The number of hydrogen-bond acceptors (Lipinski definition) is 2. The van der Waals surface area contributed by atoms with Crippen molar-refractivity contribution in [3.05, 3.63) is 60.7 Å².